The molecule has 1 N–H and O–H groups in total. The quantitative estimate of drug-likeness (QED) is 0.385. The number of carbonyl (C=O) groups is 1. The number of nitrogens with zero attached hydrogens (tertiary/aromatic N) is 2. The molecule has 0 saturated carbocycles. The van der Waals surface area contributed by atoms with Crippen LogP contribution in [0.5, 0.6) is 11.5 Å². The van der Waals surface area contributed by atoms with Gasteiger partial charge >= 0.3 is 0 Å². The molecule has 0 saturated heterocycles. The largest absolute Gasteiger partial charge is 0.496 e. The van der Waals surface area contributed by atoms with Crippen LogP contribution in [-0.2, 0) is 6.61 Å². The molecule has 4 aromatic rings. The summed E-state index contributed by atoms with van der Waals surface area (Å²) < 4.78 is 17.5. The van der Waals surface area contributed by atoms with Crippen LogP contribution < -0.4 is 14.8 Å². The zero-order valence-electron chi connectivity index (χ0n) is 16.5. The van der Waals surface area contributed by atoms with Gasteiger partial charge in [-0.15, -0.1) is 10.2 Å². The minimum atomic E-state index is -0.253. The van der Waals surface area contributed by atoms with Crippen molar-refractivity contribution in [2.24, 2.45) is 0 Å². The highest BCUT2D eigenvalue weighted by Gasteiger charge is 2.13. The third-order valence-corrected chi connectivity index (χ3v) is 5.09. The summed E-state index contributed by atoms with van der Waals surface area (Å²) in [6.07, 6.45) is 0. The van der Waals surface area contributed by atoms with E-state index in [-0.39, 0.29) is 12.5 Å². The second-order valence-corrected chi connectivity index (χ2v) is 7.30. The molecule has 0 fully saturated rings. The summed E-state index contributed by atoms with van der Waals surface area (Å²) in [5.74, 6) is 1.65. The Hall–Kier alpha value is -3.65. The first-order chi connectivity index (χ1) is 15.1. The first-order valence-electron chi connectivity index (χ1n) is 9.38. The van der Waals surface area contributed by atoms with Crippen LogP contribution in [0.4, 0.5) is 5.69 Å². The van der Waals surface area contributed by atoms with Crippen LogP contribution in [0.2, 0.25) is 0 Å². The van der Waals surface area contributed by atoms with E-state index in [9.17, 15) is 4.79 Å². The molecule has 0 aliphatic heterocycles. The van der Waals surface area contributed by atoms with Crippen molar-refractivity contribution in [2.45, 2.75) is 6.61 Å². The number of hydrogen-bond acceptors (Lipinski definition) is 6. The molecule has 0 aliphatic rings. The lowest BCUT2D eigenvalue weighted by molar-refractivity contribution is 0.102. The predicted molar refractivity (Wildman–Crippen MR) is 119 cm³/mol. The Bertz CT molecular complexity index is 1190. The highest BCUT2D eigenvalue weighted by atomic mass is 79.9. The summed E-state index contributed by atoms with van der Waals surface area (Å²) in [7, 11) is 1.53. The molecule has 0 bridgehead atoms. The van der Waals surface area contributed by atoms with Gasteiger partial charge < -0.3 is 19.2 Å². The molecule has 156 valence electrons. The number of nitrogens with one attached hydrogen (secondary N) is 1. The summed E-state index contributed by atoms with van der Waals surface area (Å²) in [4.78, 5) is 12.5. The maximum Gasteiger partial charge on any atom is 0.259 e. The normalized spacial score (nSPS) is 10.5. The Morgan fingerprint density at radius 2 is 1.74 bits per heavy atom. The summed E-state index contributed by atoms with van der Waals surface area (Å²) in [5, 5.41) is 10.9. The molecule has 0 unspecified atom stereocenters. The predicted octanol–water partition coefficient (Wildman–Crippen LogP) is 5.34. The molecule has 0 spiro atoms. The van der Waals surface area contributed by atoms with Gasteiger partial charge in [0.25, 0.3) is 11.8 Å². The van der Waals surface area contributed by atoms with E-state index < -0.39 is 0 Å². The summed E-state index contributed by atoms with van der Waals surface area (Å²) in [6.45, 7) is 0.129. The SMILES string of the molecule is COc1ccccc1C(=O)Nc1ccc(OCc2nnc(-c3ccccc3Br)o2)cc1. The van der Waals surface area contributed by atoms with Gasteiger partial charge in [0, 0.05) is 10.2 Å². The number of ether oxygens (including phenoxy) is 2. The van der Waals surface area contributed by atoms with Crippen LogP contribution in [0.1, 0.15) is 16.2 Å². The molecule has 0 radical (unpaired) electrons. The Kier molecular flexibility index (Phi) is 6.28. The number of halogens is 1. The maximum atomic E-state index is 12.5. The number of amides is 1. The van der Waals surface area contributed by atoms with Crippen LogP contribution in [0.15, 0.2) is 81.7 Å². The molecule has 7 nitrogen and oxygen atoms in total. The highest BCUT2D eigenvalue weighted by molar-refractivity contribution is 9.10. The molecule has 3 aromatic carbocycles. The first-order valence-corrected chi connectivity index (χ1v) is 10.2. The van der Waals surface area contributed by atoms with E-state index in [0.717, 1.165) is 10.0 Å². The molecule has 4 rings (SSSR count). The lowest BCUT2D eigenvalue weighted by Gasteiger charge is -2.10. The Morgan fingerprint density at radius 1 is 1.00 bits per heavy atom. The van der Waals surface area contributed by atoms with E-state index in [4.69, 9.17) is 13.9 Å². The fraction of sp³-hybridized carbons (Fsp3) is 0.0870. The fourth-order valence-electron chi connectivity index (χ4n) is 2.87. The molecule has 0 aliphatic carbocycles. The van der Waals surface area contributed by atoms with Crippen LogP contribution in [-0.4, -0.2) is 23.2 Å². The zero-order valence-corrected chi connectivity index (χ0v) is 18.1. The Morgan fingerprint density at radius 3 is 2.52 bits per heavy atom. The fourth-order valence-corrected chi connectivity index (χ4v) is 3.32. The second-order valence-electron chi connectivity index (χ2n) is 6.45. The third kappa shape index (κ3) is 4.92. The molecular formula is C23H18BrN3O4. The van der Waals surface area contributed by atoms with Gasteiger partial charge in [-0.1, -0.05) is 24.3 Å². The van der Waals surface area contributed by atoms with Crippen LogP contribution in [0.25, 0.3) is 11.5 Å². The van der Waals surface area contributed by atoms with Crippen molar-refractivity contribution >= 4 is 27.5 Å². The maximum absolute atomic E-state index is 12.5. The van der Waals surface area contributed by atoms with Gasteiger partial charge in [0.2, 0.25) is 5.89 Å². The molecule has 1 heterocycles. The lowest BCUT2D eigenvalue weighted by atomic mass is 10.2. The van der Waals surface area contributed by atoms with Gasteiger partial charge in [0.1, 0.15) is 11.5 Å². The first kappa shape index (κ1) is 20.6. The topological polar surface area (TPSA) is 86.5 Å². The van der Waals surface area contributed by atoms with E-state index in [1.807, 2.05) is 30.3 Å². The van der Waals surface area contributed by atoms with Gasteiger partial charge in [0.15, 0.2) is 6.61 Å². The van der Waals surface area contributed by atoms with Gasteiger partial charge in [-0.25, -0.2) is 0 Å². The Balaban J connectivity index is 1.36. The number of rotatable bonds is 7. The van der Waals surface area contributed by atoms with Crippen molar-refractivity contribution in [1.29, 1.82) is 0 Å². The minimum Gasteiger partial charge on any atom is -0.496 e. The average Bonchev–Trinajstić information content (AvgIpc) is 3.27. The van der Waals surface area contributed by atoms with Crippen molar-refractivity contribution in [2.75, 3.05) is 12.4 Å². The van der Waals surface area contributed by atoms with Gasteiger partial charge in [-0.3, -0.25) is 4.79 Å². The summed E-state index contributed by atoms with van der Waals surface area (Å²) in [6, 6.07) is 21.7. The smallest absolute Gasteiger partial charge is 0.259 e. The number of methoxy groups -OCH3 is 1. The van der Waals surface area contributed by atoms with Crippen LogP contribution >= 0.6 is 15.9 Å². The van der Waals surface area contributed by atoms with E-state index in [1.165, 1.54) is 7.11 Å². The minimum absolute atomic E-state index is 0.129. The van der Waals surface area contributed by atoms with Crippen LogP contribution in [0.3, 0.4) is 0 Å². The number of carbonyl (C=O) groups excluding carboxylic acids is 1. The summed E-state index contributed by atoms with van der Waals surface area (Å²) >= 11 is 3.47. The van der Waals surface area contributed by atoms with E-state index in [0.29, 0.717) is 34.5 Å². The number of benzene rings is 3. The van der Waals surface area contributed by atoms with Gasteiger partial charge in [0.05, 0.1) is 18.2 Å². The van der Waals surface area contributed by atoms with E-state index in [1.54, 1.807) is 42.5 Å². The van der Waals surface area contributed by atoms with E-state index in [2.05, 4.69) is 31.4 Å². The number of aromatic nitrogens is 2. The van der Waals surface area contributed by atoms with Crippen molar-refractivity contribution in [3.05, 3.63) is 88.7 Å². The van der Waals surface area contributed by atoms with E-state index >= 15 is 0 Å². The number of para-hydroxylation sites is 1. The number of anilines is 1. The molecular weight excluding hydrogens is 462 g/mol. The van der Waals surface area contributed by atoms with Gasteiger partial charge in [-0.05, 0) is 64.5 Å². The monoisotopic (exact) mass is 479 g/mol. The average molecular weight is 480 g/mol. The highest BCUT2D eigenvalue weighted by Crippen LogP contribution is 2.27. The second kappa shape index (κ2) is 9.44. The van der Waals surface area contributed by atoms with Crippen molar-refractivity contribution in [1.82, 2.24) is 10.2 Å². The molecule has 1 aromatic heterocycles. The standard InChI is InChI=1S/C23H18BrN3O4/c1-29-20-9-5-3-7-18(20)22(28)25-15-10-12-16(13-11-15)30-14-21-26-27-23(31-21)17-6-2-4-8-19(17)24/h2-13H,14H2,1H3,(H,25,28). The molecule has 31 heavy (non-hydrogen) atoms. The molecule has 8 heteroatoms. The molecule has 0 atom stereocenters. The molecule has 1 amide bonds. The van der Waals surface area contributed by atoms with Crippen LogP contribution in [0, 0.1) is 0 Å². The van der Waals surface area contributed by atoms with Crippen molar-refractivity contribution < 1.29 is 18.7 Å². The van der Waals surface area contributed by atoms with Crippen molar-refractivity contribution in [3.8, 4) is 23.0 Å². The summed E-state index contributed by atoms with van der Waals surface area (Å²) in [5.41, 5.74) is 1.91. The zero-order chi connectivity index (χ0) is 21.6. The number of hydrogen-bond donors (Lipinski definition) is 1. The van der Waals surface area contributed by atoms with Gasteiger partial charge in [-0.2, -0.15) is 0 Å². The van der Waals surface area contributed by atoms with Crippen molar-refractivity contribution in [3.63, 3.8) is 0 Å². The Labute approximate surface area is 187 Å². The lowest BCUT2D eigenvalue weighted by Crippen LogP contribution is -2.13. The third-order valence-electron chi connectivity index (χ3n) is 4.40.